The number of nitrogens with two attached hydrogens (primary N) is 1. The van der Waals surface area contributed by atoms with Gasteiger partial charge in [0.1, 0.15) is 6.04 Å². The zero-order chi connectivity index (χ0) is 14.4. The van der Waals surface area contributed by atoms with E-state index in [-0.39, 0.29) is 5.97 Å². The van der Waals surface area contributed by atoms with E-state index in [9.17, 15) is 4.79 Å². The second-order valence-electron chi connectivity index (χ2n) is 5.99. The molecule has 0 saturated heterocycles. The minimum Gasteiger partial charge on any atom is -0.462 e. The standard InChI is InChI=1S/C17H20N2O2/c1-2-21-17(20)11-6-7-15-13(10-11)12-4-3-5-14-16(12)19(15)9-8-18-14/h6-7,10,14,18H,2-5,8-9H2,1H3/p+1/t14-/m1/s1. The van der Waals surface area contributed by atoms with Crippen LogP contribution < -0.4 is 5.32 Å². The summed E-state index contributed by atoms with van der Waals surface area (Å²) >= 11 is 0. The number of carbonyl (C=O) groups is 1. The Kier molecular flexibility index (Phi) is 3.00. The van der Waals surface area contributed by atoms with Crippen LogP contribution in [-0.2, 0) is 17.7 Å². The number of hydrogen-bond donors (Lipinski definition) is 1. The van der Waals surface area contributed by atoms with Crippen LogP contribution in [0, 0.1) is 0 Å². The molecule has 1 aliphatic carbocycles. The molecule has 0 spiro atoms. The second-order valence-corrected chi connectivity index (χ2v) is 5.99. The molecule has 110 valence electrons. The van der Waals surface area contributed by atoms with Crippen LogP contribution in [0.1, 0.15) is 47.4 Å². The SMILES string of the molecule is CCOC(=O)c1ccc2c(c1)c1c3n2CC[NH2+][C@@H]3CCC1. The molecular formula is C17H21N2O2+. The van der Waals surface area contributed by atoms with Crippen LogP contribution in [0.2, 0.25) is 0 Å². The lowest BCUT2D eigenvalue weighted by Gasteiger charge is -2.27. The maximum absolute atomic E-state index is 12.0. The molecule has 0 bridgehead atoms. The Balaban J connectivity index is 1.90. The van der Waals surface area contributed by atoms with E-state index in [1.165, 1.54) is 35.0 Å². The van der Waals surface area contributed by atoms with Crippen molar-refractivity contribution in [1.29, 1.82) is 0 Å². The van der Waals surface area contributed by atoms with Gasteiger partial charge < -0.3 is 14.6 Å². The molecule has 2 aliphatic rings. The van der Waals surface area contributed by atoms with Gasteiger partial charge in [-0.3, -0.25) is 0 Å². The summed E-state index contributed by atoms with van der Waals surface area (Å²) in [4.78, 5) is 12.0. The summed E-state index contributed by atoms with van der Waals surface area (Å²) in [5, 5.41) is 3.74. The lowest BCUT2D eigenvalue weighted by atomic mass is 9.90. The first-order valence-electron chi connectivity index (χ1n) is 7.95. The lowest BCUT2D eigenvalue weighted by molar-refractivity contribution is -0.704. The van der Waals surface area contributed by atoms with E-state index in [0.29, 0.717) is 18.2 Å². The summed E-state index contributed by atoms with van der Waals surface area (Å²) in [7, 11) is 0. The third-order valence-electron chi connectivity index (χ3n) is 4.82. The highest BCUT2D eigenvalue weighted by molar-refractivity contribution is 5.96. The fourth-order valence-corrected chi connectivity index (χ4v) is 3.98. The molecule has 2 N–H and O–H groups in total. The van der Waals surface area contributed by atoms with Crippen LogP contribution in [0.5, 0.6) is 0 Å². The molecule has 0 unspecified atom stereocenters. The van der Waals surface area contributed by atoms with Gasteiger partial charge in [-0.25, -0.2) is 4.79 Å². The maximum atomic E-state index is 12.0. The minimum atomic E-state index is -0.213. The summed E-state index contributed by atoms with van der Waals surface area (Å²) < 4.78 is 7.61. The van der Waals surface area contributed by atoms with Crippen molar-refractivity contribution >= 4 is 16.9 Å². The summed E-state index contributed by atoms with van der Waals surface area (Å²) in [6.07, 6.45) is 3.65. The highest BCUT2D eigenvalue weighted by Gasteiger charge is 2.32. The van der Waals surface area contributed by atoms with Gasteiger partial charge in [-0.2, -0.15) is 0 Å². The Hall–Kier alpha value is -1.81. The fraction of sp³-hybridized carbons (Fsp3) is 0.471. The van der Waals surface area contributed by atoms with Crippen LogP contribution >= 0.6 is 0 Å². The molecular weight excluding hydrogens is 264 g/mol. The van der Waals surface area contributed by atoms with Crippen molar-refractivity contribution < 1.29 is 14.8 Å². The molecule has 0 fully saturated rings. The maximum Gasteiger partial charge on any atom is 0.338 e. The van der Waals surface area contributed by atoms with Crippen molar-refractivity contribution in [3.05, 3.63) is 35.0 Å². The Morgan fingerprint density at radius 2 is 2.38 bits per heavy atom. The highest BCUT2D eigenvalue weighted by Crippen LogP contribution is 2.37. The topological polar surface area (TPSA) is 47.8 Å². The molecule has 1 aliphatic heterocycles. The molecule has 2 heterocycles. The third kappa shape index (κ3) is 1.89. The Morgan fingerprint density at radius 1 is 1.48 bits per heavy atom. The van der Waals surface area contributed by atoms with E-state index in [0.717, 1.165) is 19.5 Å². The van der Waals surface area contributed by atoms with E-state index >= 15 is 0 Å². The van der Waals surface area contributed by atoms with Crippen molar-refractivity contribution in [2.24, 2.45) is 0 Å². The number of quaternary nitrogens is 1. The highest BCUT2D eigenvalue weighted by atomic mass is 16.5. The van der Waals surface area contributed by atoms with Crippen LogP contribution in [-0.4, -0.2) is 23.7 Å². The van der Waals surface area contributed by atoms with Crippen molar-refractivity contribution in [2.75, 3.05) is 13.2 Å². The van der Waals surface area contributed by atoms with E-state index in [1.54, 1.807) is 0 Å². The molecule has 2 aromatic rings. The average molecular weight is 285 g/mol. The van der Waals surface area contributed by atoms with Gasteiger partial charge in [-0.1, -0.05) is 0 Å². The number of ether oxygens (including phenoxy) is 1. The summed E-state index contributed by atoms with van der Waals surface area (Å²) in [6.45, 7) is 4.49. The molecule has 1 aromatic heterocycles. The Bertz CT molecular complexity index is 715. The molecule has 4 rings (SSSR count). The number of rotatable bonds is 2. The third-order valence-corrected chi connectivity index (χ3v) is 4.82. The molecule has 1 aromatic carbocycles. The fourth-order valence-electron chi connectivity index (χ4n) is 3.98. The van der Waals surface area contributed by atoms with Crippen molar-refractivity contribution in [3.8, 4) is 0 Å². The van der Waals surface area contributed by atoms with Crippen LogP contribution in [0.25, 0.3) is 10.9 Å². The number of esters is 1. The molecule has 0 amide bonds. The summed E-state index contributed by atoms with van der Waals surface area (Å²) in [5.74, 6) is -0.213. The predicted octanol–water partition coefficient (Wildman–Crippen LogP) is 1.77. The van der Waals surface area contributed by atoms with E-state index in [2.05, 4.69) is 16.0 Å². The largest absolute Gasteiger partial charge is 0.462 e. The number of aromatic nitrogens is 1. The van der Waals surface area contributed by atoms with Gasteiger partial charge in [0.15, 0.2) is 0 Å². The number of nitrogens with zero attached hydrogens (tertiary/aromatic N) is 1. The molecule has 0 radical (unpaired) electrons. The quantitative estimate of drug-likeness (QED) is 0.855. The molecule has 1 atom stereocenters. The minimum absolute atomic E-state index is 0.213. The van der Waals surface area contributed by atoms with Gasteiger partial charge in [0, 0.05) is 17.3 Å². The monoisotopic (exact) mass is 285 g/mol. The number of fused-ring (bicyclic) bond motifs is 3. The molecule has 4 heteroatoms. The van der Waals surface area contributed by atoms with Gasteiger partial charge in [0.25, 0.3) is 0 Å². The zero-order valence-corrected chi connectivity index (χ0v) is 12.4. The zero-order valence-electron chi connectivity index (χ0n) is 12.4. The van der Waals surface area contributed by atoms with Gasteiger partial charge >= 0.3 is 5.97 Å². The normalized spacial score (nSPS) is 20.3. The number of aryl methyl sites for hydroxylation is 1. The molecule has 0 saturated carbocycles. The van der Waals surface area contributed by atoms with Gasteiger partial charge in [0.05, 0.1) is 31.0 Å². The first-order valence-corrected chi connectivity index (χ1v) is 7.95. The summed E-state index contributed by atoms with van der Waals surface area (Å²) in [5.41, 5.74) is 4.93. The van der Waals surface area contributed by atoms with Crippen LogP contribution in [0.4, 0.5) is 0 Å². The van der Waals surface area contributed by atoms with E-state index in [4.69, 9.17) is 4.74 Å². The van der Waals surface area contributed by atoms with Crippen LogP contribution in [0.3, 0.4) is 0 Å². The smallest absolute Gasteiger partial charge is 0.338 e. The number of hydrogen-bond acceptors (Lipinski definition) is 2. The lowest BCUT2D eigenvalue weighted by Crippen LogP contribution is -2.88. The average Bonchev–Trinajstić information content (AvgIpc) is 2.84. The first kappa shape index (κ1) is 12.9. The molecule has 21 heavy (non-hydrogen) atoms. The van der Waals surface area contributed by atoms with Gasteiger partial charge in [-0.05, 0) is 43.5 Å². The second kappa shape index (κ2) is 4.88. The summed E-state index contributed by atoms with van der Waals surface area (Å²) in [6, 6.07) is 6.65. The van der Waals surface area contributed by atoms with Gasteiger partial charge in [0.2, 0.25) is 0 Å². The Labute approximate surface area is 124 Å². The van der Waals surface area contributed by atoms with E-state index in [1.807, 2.05) is 19.1 Å². The van der Waals surface area contributed by atoms with Crippen molar-refractivity contribution in [1.82, 2.24) is 4.57 Å². The van der Waals surface area contributed by atoms with E-state index < -0.39 is 0 Å². The number of benzene rings is 1. The van der Waals surface area contributed by atoms with Crippen molar-refractivity contribution in [3.63, 3.8) is 0 Å². The first-order chi connectivity index (χ1) is 10.3. The number of carbonyl (C=O) groups excluding carboxylic acids is 1. The van der Waals surface area contributed by atoms with Crippen molar-refractivity contribution in [2.45, 2.75) is 38.8 Å². The Morgan fingerprint density at radius 3 is 3.24 bits per heavy atom. The molecule has 4 nitrogen and oxygen atoms in total. The van der Waals surface area contributed by atoms with Gasteiger partial charge in [-0.15, -0.1) is 0 Å². The predicted molar refractivity (Wildman–Crippen MR) is 80.4 cm³/mol. The van der Waals surface area contributed by atoms with Crippen LogP contribution in [0.15, 0.2) is 18.2 Å².